The van der Waals surface area contributed by atoms with Crippen molar-refractivity contribution < 1.29 is 156 Å². The average molecular weight is 1550 g/mol. The Kier molecular flexibility index (Phi) is 39.7. The van der Waals surface area contributed by atoms with Crippen LogP contribution in [0.5, 0.6) is 5.75 Å². The van der Waals surface area contributed by atoms with E-state index in [-0.39, 0.29) is 54.9 Å². The van der Waals surface area contributed by atoms with E-state index in [1.165, 1.54) is 25.5 Å². The highest BCUT2D eigenvalue weighted by molar-refractivity contribution is 5.83. The van der Waals surface area contributed by atoms with Crippen LogP contribution in [0.15, 0.2) is 30.5 Å². The number of carbonyl (C=O) groups is 5. The SMILES string of the molecule is CC(=O)N[C@H]1C(OC(C)C)O[C@H](CO)[C@H](O)[C@@H]1O.CC(=O)N[C@H]1C(OC(C)C)O[C@H](CO)[C@H](O)[C@@H]1O.CC(C)OC1O[C@H](CO)[C@H](O)[C@H](O)[C@H]1NC(=O)C(C)(F)F.CCC(=O)N[C@H]1C(OC(C)C)O[C@H](CO)[C@H](O)[C@@H]1O.COc1cccc(-c2cn(C[C@H]3OC(OC(C)(C)C)[C@H](NC(C)=O)[C@@H](O)[C@H]3O)nn2)c1. The summed E-state index contributed by atoms with van der Waals surface area (Å²) in [6, 6.07) is 2.51. The second kappa shape index (κ2) is 44.5. The van der Waals surface area contributed by atoms with Crippen molar-refractivity contribution in [1.29, 1.82) is 0 Å². The molecule has 19 N–H and O–H groups in total. The van der Waals surface area contributed by atoms with Crippen molar-refractivity contribution >= 4 is 29.5 Å². The molecule has 38 nitrogen and oxygen atoms in total. The summed E-state index contributed by atoms with van der Waals surface area (Å²) in [6.45, 7) is 23.7. The Balaban J connectivity index is 0.000000354. The van der Waals surface area contributed by atoms with E-state index in [2.05, 4.69) is 31.6 Å². The highest BCUT2D eigenvalue weighted by atomic mass is 19.3. The minimum absolute atomic E-state index is 0.131. The van der Waals surface area contributed by atoms with Gasteiger partial charge in [-0.3, -0.25) is 24.0 Å². The summed E-state index contributed by atoms with van der Waals surface area (Å²) in [5.74, 6) is -5.94. The first-order valence-electron chi connectivity index (χ1n) is 34.9. The van der Waals surface area contributed by atoms with Crippen LogP contribution in [0.2, 0.25) is 0 Å². The predicted octanol–water partition coefficient (Wildman–Crippen LogP) is -4.83. The van der Waals surface area contributed by atoms with Gasteiger partial charge in [0.15, 0.2) is 31.5 Å². The lowest BCUT2D eigenvalue weighted by molar-refractivity contribution is -0.290. The van der Waals surface area contributed by atoms with Gasteiger partial charge in [-0.2, -0.15) is 8.78 Å². The van der Waals surface area contributed by atoms with Gasteiger partial charge in [-0.05, 0) is 88.3 Å². The molecule has 0 spiro atoms. The van der Waals surface area contributed by atoms with Crippen molar-refractivity contribution in [2.24, 2.45) is 0 Å². The van der Waals surface area contributed by atoms with E-state index in [0.717, 1.165) is 5.56 Å². The third-order valence-corrected chi connectivity index (χ3v) is 16.0. The Labute approximate surface area is 619 Å². The van der Waals surface area contributed by atoms with E-state index >= 15 is 0 Å². The van der Waals surface area contributed by atoms with E-state index in [1.807, 2.05) is 50.4 Å². The zero-order chi connectivity index (χ0) is 81.4. The lowest BCUT2D eigenvalue weighted by Crippen LogP contribution is -2.66. The highest BCUT2D eigenvalue weighted by Crippen LogP contribution is 2.31. The molecular weight excluding hydrogens is 1430 g/mol. The molecule has 7 rings (SSSR count). The van der Waals surface area contributed by atoms with Gasteiger partial charge in [0.05, 0.1) is 76.3 Å². The van der Waals surface area contributed by atoms with Gasteiger partial charge < -0.3 is 150 Å². The lowest BCUT2D eigenvalue weighted by atomic mass is 9.96. The van der Waals surface area contributed by atoms with Crippen LogP contribution >= 0.6 is 0 Å². The van der Waals surface area contributed by atoms with E-state index in [1.54, 1.807) is 75.6 Å². The van der Waals surface area contributed by atoms with Crippen LogP contribution in [0.25, 0.3) is 11.3 Å². The first-order chi connectivity index (χ1) is 49.8. The Morgan fingerprint density at radius 3 is 1.11 bits per heavy atom. The third kappa shape index (κ3) is 29.9. The second-order valence-corrected chi connectivity index (χ2v) is 27.9. The number of benzene rings is 1. The molecule has 2 aromatic rings. The summed E-state index contributed by atoms with van der Waals surface area (Å²) in [6.07, 6.45) is -22.0. The topological polar surface area (TPSA) is 561 Å². The van der Waals surface area contributed by atoms with Crippen molar-refractivity contribution in [1.82, 2.24) is 41.6 Å². The van der Waals surface area contributed by atoms with Crippen LogP contribution in [-0.2, 0) is 77.9 Å². The van der Waals surface area contributed by atoms with Gasteiger partial charge in [-0.15, -0.1) is 5.10 Å². The fraction of sp³-hybridized carbons (Fsp3) is 0.806. The summed E-state index contributed by atoms with van der Waals surface area (Å²) in [5.41, 5.74) is 0.861. The van der Waals surface area contributed by atoms with Gasteiger partial charge in [-0.25, -0.2) is 4.68 Å². The number of aliphatic hydroxyl groups excluding tert-OH is 14. The molecule has 0 bridgehead atoms. The normalized spacial score (nSPS) is 33.0. The van der Waals surface area contributed by atoms with Gasteiger partial charge in [0, 0.05) is 39.7 Å². The Morgan fingerprint density at radius 1 is 0.495 bits per heavy atom. The Morgan fingerprint density at radius 2 is 0.813 bits per heavy atom. The fourth-order valence-electron chi connectivity index (χ4n) is 10.9. The molecule has 618 valence electrons. The Hall–Kier alpha value is -5.59. The van der Waals surface area contributed by atoms with Gasteiger partial charge >= 0.3 is 5.92 Å². The lowest BCUT2D eigenvalue weighted by Gasteiger charge is -2.44. The molecule has 5 unspecified atom stereocenters. The summed E-state index contributed by atoms with van der Waals surface area (Å²) >= 11 is 0. The van der Waals surface area contributed by atoms with Crippen molar-refractivity contribution in [3.05, 3.63) is 30.5 Å². The number of rotatable bonds is 24. The molecular formula is C67H116F2N8O30. The minimum atomic E-state index is -3.65. The second-order valence-electron chi connectivity index (χ2n) is 27.9. The third-order valence-electron chi connectivity index (χ3n) is 16.0. The summed E-state index contributed by atoms with van der Waals surface area (Å²) < 4.78 is 87.5. The van der Waals surface area contributed by atoms with E-state index in [9.17, 15) is 83.8 Å². The minimum Gasteiger partial charge on any atom is -0.497 e. The number of carbonyl (C=O) groups excluding carboxylic acids is 5. The smallest absolute Gasteiger partial charge is 0.321 e. The average Bonchev–Trinajstić information content (AvgIpc) is 1.40. The van der Waals surface area contributed by atoms with Crippen molar-refractivity contribution in [2.45, 2.75) is 313 Å². The van der Waals surface area contributed by atoms with E-state index in [0.29, 0.717) is 18.4 Å². The predicted molar refractivity (Wildman–Crippen MR) is 367 cm³/mol. The fourth-order valence-corrected chi connectivity index (χ4v) is 10.9. The first-order valence-corrected chi connectivity index (χ1v) is 34.9. The number of nitrogens with zero attached hydrogens (tertiary/aromatic N) is 3. The number of aliphatic hydroxyl groups is 14. The summed E-state index contributed by atoms with van der Waals surface area (Å²) in [7, 11) is 1.59. The molecule has 0 saturated carbocycles. The van der Waals surface area contributed by atoms with Crippen LogP contribution in [0.4, 0.5) is 8.78 Å². The summed E-state index contributed by atoms with van der Waals surface area (Å²) in [5, 5.41) is 157. The molecule has 5 aliphatic heterocycles. The highest BCUT2D eigenvalue weighted by Gasteiger charge is 2.52. The van der Waals surface area contributed by atoms with Crippen LogP contribution in [0.1, 0.15) is 117 Å². The van der Waals surface area contributed by atoms with Crippen LogP contribution in [-0.4, -0.2) is 339 Å². The zero-order valence-corrected chi connectivity index (χ0v) is 63.3. The largest absolute Gasteiger partial charge is 0.497 e. The van der Waals surface area contributed by atoms with Crippen molar-refractivity contribution in [2.75, 3.05) is 33.5 Å². The molecule has 107 heavy (non-hydrogen) atoms. The first kappa shape index (κ1) is 95.6. The van der Waals surface area contributed by atoms with Crippen molar-refractivity contribution in [3.8, 4) is 17.0 Å². The molecule has 40 heteroatoms. The molecule has 5 saturated heterocycles. The number of alkyl halides is 2. The van der Waals surface area contributed by atoms with Gasteiger partial charge in [0.25, 0.3) is 5.91 Å². The number of hydrogen-bond acceptors (Lipinski definition) is 32. The van der Waals surface area contributed by atoms with Crippen molar-refractivity contribution in [3.63, 3.8) is 0 Å². The number of halogens is 2. The Bertz CT molecular complexity index is 2920. The molecule has 1 aromatic carbocycles. The maximum absolute atomic E-state index is 12.9. The maximum atomic E-state index is 12.9. The molecule has 5 aliphatic rings. The molecule has 5 amide bonds. The van der Waals surface area contributed by atoms with Crippen LogP contribution < -0.4 is 31.3 Å². The number of methoxy groups -OCH3 is 1. The standard InChI is InChI=1S/C21H30N4O6.C12H21F2NO6.C12H23NO6.2C11H21NO6/c1-12(26)22-17-19(28)18(27)16(30-20(17)31-21(2,3)4)11-25-10-15(23-24-25)13-7-6-8-14(9-13)29-5;1-5(2)20-10-7(15-11(19)12(3,13)14)9(18)8(17)6(4-16)21-10;1-4-8(15)13-9-11(17)10(16)7(5-14)19-12(9)18-6(2)3;2*1-5(2)17-11-8(12-6(3)14)10(16)9(15)7(4-13)18-11/h6-10,16-20,27-28H,11H2,1-5H3,(H,22,26);5-10,16-18H,4H2,1-3H3,(H,15,19);6-7,9-12,14,16-17H,4-5H2,1-3H3,(H,13,15);2*5,7-11,13,15-16H,4H2,1-3H3,(H,12,14)/t16-,17-,18+,19-,20?;6-,7-,8+,9-,10?;7-,9-,10+,11-,12?;2*7-,8-,9+,10-,11?/m11111/s1. The number of nitrogens with one attached hydrogen (secondary N) is 5. The zero-order valence-electron chi connectivity index (χ0n) is 63.3. The number of ether oxygens (including phenoxy) is 11. The van der Waals surface area contributed by atoms with E-state index < -0.39 is 203 Å². The molecule has 6 heterocycles. The maximum Gasteiger partial charge on any atom is 0.321 e. The van der Waals surface area contributed by atoms with Crippen LogP contribution in [0.3, 0.4) is 0 Å². The monoisotopic (exact) mass is 1550 g/mol. The molecule has 0 aliphatic carbocycles. The molecule has 25 atom stereocenters. The molecule has 1 aromatic heterocycles. The van der Waals surface area contributed by atoms with Crippen LogP contribution in [0, 0.1) is 0 Å². The van der Waals surface area contributed by atoms with E-state index in [4.69, 9.17) is 72.5 Å². The molecule has 0 radical (unpaired) electrons. The number of amides is 5. The van der Waals surface area contributed by atoms with Gasteiger partial charge in [0.2, 0.25) is 23.6 Å². The quantitative estimate of drug-likeness (QED) is 0.0469. The molecule has 5 fully saturated rings. The number of hydrogen-bond donors (Lipinski definition) is 19. The van der Waals surface area contributed by atoms with Gasteiger partial charge in [0.1, 0.15) is 133 Å². The summed E-state index contributed by atoms with van der Waals surface area (Å²) in [4.78, 5) is 56.6. The number of aromatic nitrogens is 3. The van der Waals surface area contributed by atoms with Gasteiger partial charge in [-0.1, -0.05) is 24.3 Å².